The molecule has 5 nitrogen and oxygen atoms in total. The molecule has 1 N–H and O–H groups in total. The Kier molecular flexibility index (Phi) is 3.97. The number of piperidine rings is 1. The molecular formula is C15H20N4O. The molecule has 5 heteroatoms. The first-order valence-electron chi connectivity index (χ1n) is 7.11. The van der Waals surface area contributed by atoms with Gasteiger partial charge in [0.2, 0.25) is 5.95 Å². The average Bonchev–Trinajstić information content (AvgIpc) is 2.92. The van der Waals surface area contributed by atoms with E-state index in [1.54, 1.807) is 18.7 Å². The van der Waals surface area contributed by atoms with E-state index in [4.69, 9.17) is 4.42 Å². The molecule has 2 aromatic heterocycles. The van der Waals surface area contributed by atoms with Gasteiger partial charge in [0.15, 0.2) is 0 Å². The Bertz CT molecular complexity index is 540. The summed E-state index contributed by atoms with van der Waals surface area (Å²) in [6.07, 6.45) is 7.69. The standard InChI is InChI=1S/C15H20N4O/c1-12-5-9-20-14(12)10-18-13-4-2-8-19(11-13)15-16-6-3-7-17-15/h3,5-7,9,13,18H,2,4,8,10-11H2,1H3. The second-order valence-electron chi connectivity index (χ2n) is 5.24. The van der Waals surface area contributed by atoms with Gasteiger partial charge in [0, 0.05) is 31.5 Å². The van der Waals surface area contributed by atoms with E-state index in [-0.39, 0.29) is 0 Å². The van der Waals surface area contributed by atoms with Gasteiger partial charge in [0.1, 0.15) is 5.76 Å². The Balaban J connectivity index is 1.57. The lowest BCUT2D eigenvalue weighted by molar-refractivity contribution is 0.392. The van der Waals surface area contributed by atoms with Gasteiger partial charge in [-0.3, -0.25) is 0 Å². The third-order valence-electron chi connectivity index (χ3n) is 3.78. The highest BCUT2D eigenvalue weighted by Gasteiger charge is 2.21. The number of aromatic nitrogens is 2. The molecule has 3 rings (SSSR count). The first-order chi connectivity index (χ1) is 9.83. The number of furan rings is 1. The molecule has 1 unspecified atom stereocenters. The van der Waals surface area contributed by atoms with Gasteiger partial charge in [-0.05, 0) is 37.5 Å². The molecule has 106 valence electrons. The summed E-state index contributed by atoms with van der Waals surface area (Å²) in [5.41, 5.74) is 1.21. The summed E-state index contributed by atoms with van der Waals surface area (Å²) < 4.78 is 5.47. The molecule has 20 heavy (non-hydrogen) atoms. The highest BCUT2D eigenvalue weighted by Crippen LogP contribution is 2.16. The molecule has 0 spiro atoms. The van der Waals surface area contributed by atoms with E-state index in [1.165, 1.54) is 12.0 Å². The number of hydrogen-bond acceptors (Lipinski definition) is 5. The molecule has 0 aliphatic carbocycles. The van der Waals surface area contributed by atoms with Gasteiger partial charge in [-0.15, -0.1) is 0 Å². The Hall–Kier alpha value is -1.88. The zero-order valence-corrected chi connectivity index (χ0v) is 11.7. The maximum absolute atomic E-state index is 5.47. The van der Waals surface area contributed by atoms with Crippen LogP contribution in [0.2, 0.25) is 0 Å². The van der Waals surface area contributed by atoms with Crippen molar-refractivity contribution in [1.29, 1.82) is 0 Å². The lowest BCUT2D eigenvalue weighted by atomic mass is 10.1. The van der Waals surface area contributed by atoms with Crippen LogP contribution in [-0.4, -0.2) is 29.1 Å². The molecule has 0 radical (unpaired) electrons. The Morgan fingerprint density at radius 3 is 3.00 bits per heavy atom. The largest absolute Gasteiger partial charge is 0.468 e. The van der Waals surface area contributed by atoms with Crippen molar-refractivity contribution in [2.24, 2.45) is 0 Å². The van der Waals surface area contributed by atoms with Gasteiger partial charge < -0.3 is 14.6 Å². The average molecular weight is 272 g/mol. The van der Waals surface area contributed by atoms with Crippen molar-refractivity contribution in [1.82, 2.24) is 15.3 Å². The van der Waals surface area contributed by atoms with E-state index in [9.17, 15) is 0 Å². The first kappa shape index (κ1) is 13.1. The fourth-order valence-corrected chi connectivity index (χ4v) is 2.60. The maximum atomic E-state index is 5.47. The summed E-state index contributed by atoms with van der Waals surface area (Å²) in [7, 11) is 0. The fourth-order valence-electron chi connectivity index (χ4n) is 2.60. The van der Waals surface area contributed by atoms with Gasteiger partial charge in [-0.1, -0.05) is 0 Å². The summed E-state index contributed by atoms with van der Waals surface area (Å²) >= 11 is 0. The van der Waals surface area contributed by atoms with E-state index in [2.05, 4.69) is 27.1 Å². The molecule has 3 heterocycles. The number of aryl methyl sites for hydroxylation is 1. The van der Waals surface area contributed by atoms with Crippen LogP contribution in [-0.2, 0) is 6.54 Å². The van der Waals surface area contributed by atoms with Gasteiger partial charge in [0.25, 0.3) is 0 Å². The molecule has 0 bridgehead atoms. The molecule has 1 aliphatic rings. The zero-order valence-electron chi connectivity index (χ0n) is 11.7. The summed E-state index contributed by atoms with van der Waals surface area (Å²) in [4.78, 5) is 10.9. The first-order valence-corrected chi connectivity index (χ1v) is 7.11. The Morgan fingerprint density at radius 1 is 1.40 bits per heavy atom. The van der Waals surface area contributed by atoms with Crippen LogP contribution in [0.5, 0.6) is 0 Å². The van der Waals surface area contributed by atoms with Crippen LogP contribution in [0.4, 0.5) is 5.95 Å². The minimum Gasteiger partial charge on any atom is -0.468 e. The lowest BCUT2D eigenvalue weighted by Gasteiger charge is -2.33. The summed E-state index contributed by atoms with van der Waals surface area (Å²) in [6, 6.07) is 4.31. The number of anilines is 1. The van der Waals surface area contributed by atoms with Crippen molar-refractivity contribution in [2.75, 3.05) is 18.0 Å². The number of rotatable bonds is 4. The molecule has 0 saturated carbocycles. The minimum atomic E-state index is 0.456. The quantitative estimate of drug-likeness (QED) is 0.924. The molecule has 1 fully saturated rings. The maximum Gasteiger partial charge on any atom is 0.225 e. The van der Waals surface area contributed by atoms with E-state index in [1.807, 2.05) is 12.1 Å². The lowest BCUT2D eigenvalue weighted by Crippen LogP contribution is -2.46. The predicted molar refractivity (Wildman–Crippen MR) is 77.6 cm³/mol. The SMILES string of the molecule is Cc1ccoc1CNC1CCCN(c2ncccn2)C1. The highest BCUT2D eigenvalue weighted by molar-refractivity contribution is 5.29. The van der Waals surface area contributed by atoms with Crippen LogP contribution < -0.4 is 10.2 Å². The highest BCUT2D eigenvalue weighted by atomic mass is 16.3. The van der Waals surface area contributed by atoms with E-state index >= 15 is 0 Å². The minimum absolute atomic E-state index is 0.456. The Labute approximate surface area is 119 Å². The molecule has 2 aromatic rings. The molecule has 1 aliphatic heterocycles. The summed E-state index contributed by atoms with van der Waals surface area (Å²) in [5.74, 6) is 1.85. The van der Waals surface area contributed by atoms with Gasteiger partial charge >= 0.3 is 0 Å². The topological polar surface area (TPSA) is 54.2 Å². The molecular weight excluding hydrogens is 252 g/mol. The van der Waals surface area contributed by atoms with Crippen LogP contribution >= 0.6 is 0 Å². The zero-order chi connectivity index (χ0) is 13.8. The molecule has 1 saturated heterocycles. The van der Waals surface area contributed by atoms with Crippen molar-refractivity contribution in [2.45, 2.75) is 32.4 Å². The third kappa shape index (κ3) is 2.99. The predicted octanol–water partition coefficient (Wildman–Crippen LogP) is 2.14. The van der Waals surface area contributed by atoms with Crippen molar-refractivity contribution >= 4 is 5.95 Å². The monoisotopic (exact) mass is 272 g/mol. The summed E-state index contributed by atoms with van der Waals surface area (Å²) in [6.45, 7) is 4.84. The Morgan fingerprint density at radius 2 is 2.25 bits per heavy atom. The molecule has 0 aromatic carbocycles. The van der Waals surface area contributed by atoms with Gasteiger partial charge in [-0.25, -0.2) is 9.97 Å². The van der Waals surface area contributed by atoms with Crippen LogP contribution in [0.1, 0.15) is 24.2 Å². The number of nitrogens with zero attached hydrogens (tertiary/aromatic N) is 3. The molecule has 1 atom stereocenters. The van der Waals surface area contributed by atoms with Crippen LogP contribution in [0.15, 0.2) is 35.2 Å². The number of nitrogens with one attached hydrogen (secondary N) is 1. The van der Waals surface area contributed by atoms with Crippen LogP contribution in [0.3, 0.4) is 0 Å². The van der Waals surface area contributed by atoms with Crippen LogP contribution in [0.25, 0.3) is 0 Å². The van der Waals surface area contributed by atoms with E-state index in [0.717, 1.165) is 37.8 Å². The van der Waals surface area contributed by atoms with E-state index < -0.39 is 0 Å². The molecule has 0 amide bonds. The summed E-state index contributed by atoms with van der Waals surface area (Å²) in [5, 5.41) is 3.57. The van der Waals surface area contributed by atoms with Crippen molar-refractivity contribution in [3.63, 3.8) is 0 Å². The second-order valence-corrected chi connectivity index (χ2v) is 5.24. The van der Waals surface area contributed by atoms with Crippen molar-refractivity contribution < 1.29 is 4.42 Å². The smallest absolute Gasteiger partial charge is 0.225 e. The van der Waals surface area contributed by atoms with Gasteiger partial charge in [0.05, 0.1) is 12.8 Å². The van der Waals surface area contributed by atoms with E-state index in [0.29, 0.717) is 6.04 Å². The number of hydrogen-bond donors (Lipinski definition) is 1. The van der Waals surface area contributed by atoms with Gasteiger partial charge in [-0.2, -0.15) is 0 Å². The normalized spacial score (nSPS) is 19.2. The van der Waals surface area contributed by atoms with Crippen molar-refractivity contribution in [3.8, 4) is 0 Å². The van der Waals surface area contributed by atoms with Crippen LogP contribution in [0, 0.1) is 6.92 Å². The second kappa shape index (κ2) is 6.05. The van der Waals surface area contributed by atoms with Crippen molar-refractivity contribution in [3.05, 3.63) is 42.1 Å². The fraction of sp³-hybridized carbons (Fsp3) is 0.467. The third-order valence-corrected chi connectivity index (χ3v) is 3.78.